The molecule has 2 unspecified atom stereocenters. The highest BCUT2D eigenvalue weighted by Gasteiger charge is 2.28. The molecule has 6 nitrogen and oxygen atoms in total. The van der Waals surface area contributed by atoms with Crippen molar-refractivity contribution in [2.24, 2.45) is 0 Å². The summed E-state index contributed by atoms with van der Waals surface area (Å²) in [5.41, 5.74) is 0.758. The summed E-state index contributed by atoms with van der Waals surface area (Å²) in [5.74, 6) is 0.705. The van der Waals surface area contributed by atoms with Crippen LogP contribution >= 0.6 is 0 Å². The van der Waals surface area contributed by atoms with E-state index in [-0.39, 0.29) is 17.8 Å². The van der Waals surface area contributed by atoms with Gasteiger partial charge in [0.05, 0.1) is 17.1 Å². The predicted molar refractivity (Wildman–Crippen MR) is 72.3 cm³/mol. The second-order valence-corrected chi connectivity index (χ2v) is 5.12. The first kappa shape index (κ1) is 13.7. The van der Waals surface area contributed by atoms with Gasteiger partial charge in [-0.3, -0.25) is 10.1 Å². The molecule has 0 bridgehead atoms. The molecule has 2 atom stereocenters. The molecule has 0 radical (unpaired) electrons. The number of aliphatic hydroxyl groups excluding tert-OH is 1. The van der Waals surface area contributed by atoms with Crippen LogP contribution in [0.25, 0.3) is 0 Å². The molecule has 1 saturated carbocycles. The Balaban J connectivity index is 2.23. The summed E-state index contributed by atoms with van der Waals surface area (Å²) in [5, 5.41) is 20.8. The van der Waals surface area contributed by atoms with Gasteiger partial charge in [-0.25, -0.2) is 4.98 Å². The van der Waals surface area contributed by atoms with Crippen molar-refractivity contribution in [2.45, 2.75) is 44.8 Å². The molecule has 1 aliphatic rings. The summed E-state index contributed by atoms with van der Waals surface area (Å²) in [4.78, 5) is 16.4. The lowest BCUT2D eigenvalue weighted by molar-refractivity contribution is -0.385. The minimum absolute atomic E-state index is 0.00107. The zero-order valence-electron chi connectivity index (χ0n) is 11.2. The molecule has 0 aromatic carbocycles. The van der Waals surface area contributed by atoms with Crippen LogP contribution in [0.5, 0.6) is 0 Å². The van der Waals surface area contributed by atoms with Crippen LogP contribution in [-0.2, 0) is 0 Å². The first-order valence-corrected chi connectivity index (χ1v) is 6.52. The Morgan fingerprint density at radius 2 is 2.16 bits per heavy atom. The maximum atomic E-state index is 10.7. The van der Waals surface area contributed by atoms with Gasteiger partial charge in [0.1, 0.15) is 12.0 Å². The maximum absolute atomic E-state index is 10.7. The normalized spacial score (nSPS) is 23.1. The Bertz CT molecular complexity index is 478. The molecule has 0 aliphatic heterocycles. The summed E-state index contributed by atoms with van der Waals surface area (Å²) in [7, 11) is 1.89. The van der Waals surface area contributed by atoms with Crippen LogP contribution in [0.4, 0.5) is 11.5 Å². The van der Waals surface area contributed by atoms with Gasteiger partial charge in [0.15, 0.2) is 0 Å². The fourth-order valence-electron chi connectivity index (χ4n) is 2.72. The van der Waals surface area contributed by atoms with Crippen molar-refractivity contribution in [1.82, 2.24) is 4.98 Å². The summed E-state index contributed by atoms with van der Waals surface area (Å²) in [6.07, 6.45) is 4.80. The van der Waals surface area contributed by atoms with E-state index in [9.17, 15) is 15.2 Å². The Labute approximate surface area is 112 Å². The zero-order chi connectivity index (χ0) is 14.0. The first-order chi connectivity index (χ1) is 9.00. The van der Waals surface area contributed by atoms with E-state index in [4.69, 9.17) is 0 Å². The third-order valence-electron chi connectivity index (χ3n) is 3.77. The van der Waals surface area contributed by atoms with Crippen molar-refractivity contribution in [3.05, 3.63) is 27.9 Å². The quantitative estimate of drug-likeness (QED) is 0.668. The Hall–Kier alpha value is -1.69. The van der Waals surface area contributed by atoms with Crippen molar-refractivity contribution >= 4 is 11.5 Å². The number of pyridine rings is 1. The second kappa shape index (κ2) is 5.52. The monoisotopic (exact) mass is 265 g/mol. The molecule has 2 rings (SSSR count). The third-order valence-corrected chi connectivity index (χ3v) is 3.77. The van der Waals surface area contributed by atoms with Gasteiger partial charge in [-0.1, -0.05) is 12.8 Å². The lowest BCUT2D eigenvalue weighted by atomic mass is 9.91. The molecular weight excluding hydrogens is 246 g/mol. The summed E-state index contributed by atoms with van der Waals surface area (Å²) < 4.78 is 0. The molecule has 1 aromatic rings. The van der Waals surface area contributed by atoms with Gasteiger partial charge in [-0.2, -0.15) is 0 Å². The lowest BCUT2D eigenvalue weighted by Crippen LogP contribution is -2.44. The van der Waals surface area contributed by atoms with Crippen LogP contribution in [0.1, 0.15) is 31.2 Å². The highest BCUT2D eigenvalue weighted by atomic mass is 16.6. The molecule has 1 fully saturated rings. The Morgan fingerprint density at radius 3 is 2.74 bits per heavy atom. The molecule has 0 saturated heterocycles. The topological polar surface area (TPSA) is 79.5 Å². The Morgan fingerprint density at radius 1 is 1.47 bits per heavy atom. The van der Waals surface area contributed by atoms with Crippen LogP contribution in [0.3, 0.4) is 0 Å². The number of hydrogen-bond acceptors (Lipinski definition) is 5. The van der Waals surface area contributed by atoms with E-state index in [2.05, 4.69) is 4.98 Å². The van der Waals surface area contributed by atoms with E-state index in [1.807, 2.05) is 11.9 Å². The van der Waals surface area contributed by atoms with Crippen LogP contribution in [0.2, 0.25) is 0 Å². The minimum Gasteiger partial charge on any atom is -0.391 e. The van der Waals surface area contributed by atoms with E-state index in [0.29, 0.717) is 5.82 Å². The molecule has 1 heterocycles. The Kier molecular flexibility index (Phi) is 3.99. The van der Waals surface area contributed by atoms with E-state index in [0.717, 1.165) is 31.2 Å². The molecule has 0 spiro atoms. The van der Waals surface area contributed by atoms with Crippen molar-refractivity contribution in [3.8, 4) is 0 Å². The van der Waals surface area contributed by atoms with Gasteiger partial charge in [0.25, 0.3) is 5.69 Å². The second-order valence-electron chi connectivity index (χ2n) is 5.12. The molecule has 19 heavy (non-hydrogen) atoms. The van der Waals surface area contributed by atoms with Gasteiger partial charge in [0, 0.05) is 13.1 Å². The van der Waals surface area contributed by atoms with Crippen LogP contribution in [-0.4, -0.2) is 34.2 Å². The number of rotatable bonds is 3. The lowest BCUT2D eigenvalue weighted by Gasteiger charge is -2.36. The average Bonchev–Trinajstić information content (AvgIpc) is 2.38. The number of anilines is 1. The standard InChI is InChI=1S/C13H19N3O3/c1-9-7-10(16(18)19)8-14-13(9)15(2)11-5-3-4-6-12(11)17/h7-8,11-12,17H,3-6H2,1-2H3. The number of aromatic nitrogens is 1. The summed E-state index contributed by atoms with van der Waals surface area (Å²) in [6, 6.07) is 1.56. The highest BCUT2D eigenvalue weighted by Crippen LogP contribution is 2.28. The molecule has 104 valence electrons. The van der Waals surface area contributed by atoms with Crippen molar-refractivity contribution in [1.29, 1.82) is 0 Å². The first-order valence-electron chi connectivity index (χ1n) is 6.52. The van der Waals surface area contributed by atoms with Gasteiger partial charge in [0.2, 0.25) is 0 Å². The van der Waals surface area contributed by atoms with Gasteiger partial charge >= 0.3 is 0 Å². The third kappa shape index (κ3) is 2.84. The highest BCUT2D eigenvalue weighted by molar-refractivity contribution is 5.50. The van der Waals surface area contributed by atoms with Gasteiger partial charge in [-0.15, -0.1) is 0 Å². The largest absolute Gasteiger partial charge is 0.391 e. The van der Waals surface area contributed by atoms with Crippen molar-refractivity contribution in [3.63, 3.8) is 0 Å². The predicted octanol–water partition coefficient (Wildman–Crippen LogP) is 2.04. The van der Waals surface area contributed by atoms with Crippen LogP contribution in [0, 0.1) is 17.0 Å². The van der Waals surface area contributed by atoms with Crippen LogP contribution in [0.15, 0.2) is 12.3 Å². The number of nitrogens with zero attached hydrogens (tertiary/aromatic N) is 3. The minimum atomic E-state index is -0.445. The number of hydrogen-bond donors (Lipinski definition) is 1. The maximum Gasteiger partial charge on any atom is 0.287 e. The number of aryl methyl sites for hydroxylation is 1. The summed E-state index contributed by atoms with van der Waals surface area (Å²) >= 11 is 0. The fourth-order valence-corrected chi connectivity index (χ4v) is 2.72. The molecule has 1 aromatic heterocycles. The van der Waals surface area contributed by atoms with E-state index in [1.54, 1.807) is 6.92 Å². The number of aliphatic hydroxyl groups is 1. The number of nitro groups is 1. The SMILES string of the molecule is Cc1cc([N+](=O)[O-])cnc1N(C)C1CCCCC1O. The molecule has 1 aliphatic carbocycles. The zero-order valence-corrected chi connectivity index (χ0v) is 11.2. The van der Waals surface area contributed by atoms with Crippen LogP contribution < -0.4 is 4.90 Å². The molecular formula is C13H19N3O3. The molecule has 6 heteroatoms. The van der Waals surface area contributed by atoms with Gasteiger partial charge < -0.3 is 10.0 Å². The van der Waals surface area contributed by atoms with Crippen molar-refractivity contribution in [2.75, 3.05) is 11.9 Å². The van der Waals surface area contributed by atoms with E-state index in [1.165, 1.54) is 12.3 Å². The smallest absolute Gasteiger partial charge is 0.287 e. The van der Waals surface area contributed by atoms with Crippen molar-refractivity contribution < 1.29 is 10.0 Å². The molecule has 1 N–H and O–H groups in total. The van der Waals surface area contributed by atoms with E-state index >= 15 is 0 Å². The average molecular weight is 265 g/mol. The fraction of sp³-hybridized carbons (Fsp3) is 0.615. The number of likely N-dealkylation sites (N-methyl/N-ethyl adjacent to an activating group) is 1. The van der Waals surface area contributed by atoms with Gasteiger partial charge in [-0.05, 0) is 25.3 Å². The molecule has 0 amide bonds. The summed E-state index contributed by atoms with van der Waals surface area (Å²) in [6.45, 7) is 1.81. The van der Waals surface area contributed by atoms with E-state index < -0.39 is 4.92 Å².